The summed E-state index contributed by atoms with van der Waals surface area (Å²) in [5.41, 5.74) is 7.36. The molecule has 0 atom stereocenters. The third-order valence-corrected chi connectivity index (χ3v) is 15.9. The van der Waals surface area contributed by atoms with Crippen LogP contribution in [0.4, 0.5) is 0 Å². The monoisotopic (exact) mass is 1170 g/mol. The van der Waals surface area contributed by atoms with Crippen molar-refractivity contribution in [1.82, 2.24) is 57.2 Å². The van der Waals surface area contributed by atoms with Crippen molar-refractivity contribution < 1.29 is 50.0 Å². The van der Waals surface area contributed by atoms with E-state index < -0.39 is 0 Å². The van der Waals surface area contributed by atoms with Gasteiger partial charge in [-0.2, -0.15) is 25.3 Å². The molecule has 0 aromatic rings. The molecule has 0 saturated carbocycles. The van der Waals surface area contributed by atoms with Crippen molar-refractivity contribution in [3.05, 3.63) is 0 Å². The molecule has 5 amide bonds. The van der Waals surface area contributed by atoms with E-state index in [9.17, 15) is 50.0 Å². The molecule has 484 valence electrons. The van der Waals surface area contributed by atoms with Gasteiger partial charge in [-0.1, -0.05) is 0 Å². The highest BCUT2D eigenvalue weighted by molar-refractivity contribution is 5.74. The van der Waals surface area contributed by atoms with E-state index in [0.717, 1.165) is 77.3 Å². The van der Waals surface area contributed by atoms with Gasteiger partial charge in [-0.3, -0.25) is 24.0 Å². The van der Waals surface area contributed by atoms with Crippen LogP contribution in [0.15, 0.2) is 0 Å². The van der Waals surface area contributed by atoms with Gasteiger partial charge in [-0.05, 0) is 203 Å². The molecule has 5 fully saturated rings. The van der Waals surface area contributed by atoms with Gasteiger partial charge in [0, 0.05) is 146 Å². The zero-order valence-corrected chi connectivity index (χ0v) is 56.0. The summed E-state index contributed by atoms with van der Waals surface area (Å²) in [5, 5.41) is 75.0. The molecule has 0 radical (unpaired) electrons. The number of carbonyl (C=O) groups is 5. The van der Waals surface area contributed by atoms with E-state index in [4.69, 9.17) is 11.5 Å². The number of nitrogens with two attached hydrogens (primary N) is 2. The van der Waals surface area contributed by atoms with Crippen LogP contribution in [-0.2, 0) is 24.0 Å². The fourth-order valence-corrected chi connectivity index (χ4v) is 13.6. The minimum atomic E-state index is -0.297. The van der Waals surface area contributed by atoms with E-state index >= 15 is 0 Å². The van der Waals surface area contributed by atoms with Crippen molar-refractivity contribution in [3.8, 4) is 0 Å². The lowest BCUT2D eigenvalue weighted by Crippen LogP contribution is -2.62. The minimum absolute atomic E-state index is 0.00186. The summed E-state index contributed by atoms with van der Waals surface area (Å²) < 4.78 is 0. The first-order chi connectivity index (χ1) is 36.7. The van der Waals surface area contributed by atoms with Crippen LogP contribution < -0.4 is 43.4 Å². The van der Waals surface area contributed by atoms with Crippen molar-refractivity contribution in [3.63, 3.8) is 0 Å². The second-order valence-corrected chi connectivity index (χ2v) is 30.0. The largest absolute Gasteiger partial charge is 0.353 e. The number of piperidine rings is 5. The molecule has 0 bridgehead atoms. The number of rotatable bonds is 9. The molecule has 5 aliphatic rings. The molecule has 0 aromatic carbocycles. The first-order valence-electron chi connectivity index (χ1n) is 29.6. The first-order valence-corrected chi connectivity index (χ1v) is 29.6. The molecule has 23 nitrogen and oxygen atoms in total. The molecule has 15 N–H and O–H groups in total. The molecule has 82 heavy (non-hydrogen) atoms. The van der Waals surface area contributed by atoms with Crippen molar-refractivity contribution in [1.29, 1.82) is 0 Å². The molecule has 0 spiro atoms. The fraction of sp³-hybridized carbons (Fsp3) is 0.915. The lowest BCUT2D eigenvalue weighted by molar-refractivity contribution is -0.246. The van der Waals surface area contributed by atoms with Gasteiger partial charge >= 0.3 is 0 Å². The van der Waals surface area contributed by atoms with Gasteiger partial charge in [0.15, 0.2) is 0 Å². The number of amides is 5. The van der Waals surface area contributed by atoms with Crippen LogP contribution in [0.3, 0.4) is 0 Å². The Morgan fingerprint density at radius 2 is 0.415 bits per heavy atom. The number of nitrogens with zero attached hydrogens (tertiary/aromatic N) is 5. The number of carbonyl (C=O) groups excluding carboxylic acids is 5. The quantitative estimate of drug-likeness (QED) is 0.115. The molecule has 5 rings (SSSR count). The summed E-state index contributed by atoms with van der Waals surface area (Å²) in [5.74, 6) is -0.00931. The second-order valence-electron chi connectivity index (χ2n) is 30.0. The fourth-order valence-electron chi connectivity index (χ4n) is 13.6. The number of hydrogen-bond donors (Lipinski definition) is 13. The topological polar surface area (TPSA) is 327 Å². The Hall–Kier alpha value is -3.17. The molecular formula is C59H123N13O10. The summed E-state index contributed by atoms with van der Waals surface area (Å²) in [7, 11) is 0. The zero-order chi connectivity index (χ0) is 64.8. The van der Waals surface area contributed by atoms with Gasteiger partial charge in [0.1, 0.15) is 0 Å². The predicted octanol–water partition coefficient (Wildman–Crippen LogP) is 6.16. The van der Waals surface area contributed by atoms with Gasteiger partial charge in [-0.15, -0.1) is 0 Å². The molecular weight excluding hydrogens is 1050 g/mol. The van der Waals surface area contributed by atoms with Crippen LogP contribution in [0, 0.1) is 0 Å². The number of nitrogens with one attached hydrogen (secondary N) is 6. The van der Waals surface area contributed by atoms with Crippen LogP contribution in [0.1, 0.15) is 237 Å². The summed E-state index contributed by atoms with van der Waals surface area (Å²) in [6, 6.07) is 0.745. The lowest BCUT2D eigenvalue weighted by atomic mass is 9.79. The van der Waals surface area contributed by atoms with Crippen molar-refractivity contribution in [2.45, 2.75) is 323 Å². The lowest BCUT2D eigenvalue weighted by Gasteiger charge is -2.51. The normalized spacial score (nSPS) is 24.8. The Labute approximate surface area is 495 Å². The summed E-state index contributed by atoms with van der Waals surface area (Å²) >= 11 is 0. The molecule has 5 aliphatic heterocycles. The maximum Gasteiger partial charge on any atom is 0.217 e. The highest BCUT2D eigenvalue weighted by atomic mass is 16.5. The van der Waals surface area contributed by atoms with Gasteiger partial charge in [0.25, 0.3) is 0 Å². The Kier molecular flexibility index (Phi) is 29.8. The van der Waals surface area contributed by atoms with Gasteiger partial charge in [-0.25, -0.2) is 0 Å². The predicted molar refractivity (Wildman–Crippen MR) is 324 cm³/mol. The van der Waals surface area contributed by atoms with Crippen molar-refractivity contribution >= 4 is 29.5 Å². The number of hydrogen-bond acceptors (Lipinski definition) is 18. The van der Waals surface area contributed by atoms with Gasteiger partial charge < -0.3 is 69.4 Å². The van der Waals surface area contributed by atoms with Crippen molar-refractivity contribution in [2.75, 3.05) is 26.2 Å². The van der Waals surface area contributed by atoms with Crippen LogP contribution in [0.25, 0.3) is 0 Å². The Bertz CT molecular complexity index is 1620. The summed E-state index contributed by atoms with van der Waals surface area (Å²) in [6.07, 6.45) is 7.70. The highest BCUT2D eigenvalue weighted by Crippen LogP contribution is 2.41. The van der Waals surface area contributed by atoms with Gasteiger partial charge in [0.2, 0.25) is 29.5 Å². The van der Waals surface area contributed by atoms with Gasteiger partial charge in [0.05, 0.1) is 0 Å². The van der Waals surface area contributed by atoms with Crippen LogP contribution in [-0.4, -0.2) is 193 Å². The zero-order valence-electron chi connectivity index (χ0n) is 56.0. The van der Waals surface area contributed by atoms with E-state index in [1.807, 2.05) is 138 Å². The first kappa shape index (κ1) is 78.8. The highest BCUT2D eigenvalue weighted by Gasteiger charge is 2.49. The van der Waals surface area contributed by atoms with Crippen LogP contribution in [0.5, 0.6) is 0 Å². The van der Waals surface area contributed by atoms with E-state index in [1.54, 1.807) is 0 Å². The summed E-state index contributed by atoms with van der Waals surface area (Å²) in [4.78, 5) is 55.1. The summed E-state index contributed by atoms with van der Waals surface area (Å²) in [6.45, 7) is 50.6. The molecule has 5 saturated heterocycles. The number of hydroxylamine groups is 10. The van der Waals surface area contributed by atoms with E-state index in [2.05, 4.69) is 31.9 Å². The second kappa shape index (κ2) is 31.0. The maximum atomic E-state index is 11.0. The average Bonchev–Trinajstić information content (AvgIpc) is 3.24. The molecule has 0 aliphatic carbocycles. The van der Waals surface area contributed by atoms with Crippen LogP contribution >= 0.6 is 0 Å². The van der Waals surface area contributed by atoms with Crippen LogP contribution in [0.2, 0.25) is 0 Å². The third-order valence-electron chi connectivity index (χ3n) is 15.9. The smallest absolute Gasteiger partial charge is 0.217 e. The molecule has 0 unspecified atom stereocenters. The SMILES string of the molecule is CC(=O)NC1CC(C)(C)N(O)C(C)(C)C1.CC(=O)NC1CC(C)(C)N(O)C(C)(C)C1.CC(=O)NC1CC(C)(C)N(O)C(C)(C)C1.CC(=O)NC1CC(C)(C)N(O)C(C)(C)C1.CC(=O)NC1CC(C)(C)N(O)C(C)(C)C1.NCCNCCN. The Balaban J connectivity index is 0.000000972. The molecule has 5 heterocycles. The molecule has 23 heteroatoms. The Morgan fingerprint density at radius 3 is 0.500 bits per heavy atom. The van der Waals surface area contributed by atoms with Crippen molar-refractivity contribution in [2.24, 2.45) is 11.5 Å². The van der Waals surface area contributed by atoms with E-state index in [1.165, 1.54) is 59.9 Å². The van der Waals surface area contributed by atoms with E-state index in [0.29, 0.717) is 13.1 Å². The minimum Gasteiger partial charge on any atom is -0.353 e. The average molecular weight is 1170 g/mol. The standard InChI is InChI=1S/5C11H22N2O2.C4H13N3/c5*1-8(14)12-9-6-10(2,3)13(15)11(4,5)7-9;5-1-3-7-4-2-6/h5*9,15H,6-7H2,1-5H3,(H,12,14);7H,1-6H2. The molecule has 0 aromatic heterocycles. The maximum absolute atomic E-state index is 11.0. The van der Waals surface area contributed by atoms with E-state index in [-0.39, 0.29) is 115 Å². The Morgan fingerprint density at radius 1 is 0.305 bits per heavy atom. The third kappa shape index (κ3) is 25.8.